The Bertz CT molecular complexity index is 805. The van der Waals surface area contributed by atoms with E-state index in [1.54, 1.807) is 12.1 Å². The van der Waals surface area contributed by atoms with Crippen molar-refractivity contribution in [2.75, 3.05) is 24.7 Å². The molecule has 30 heavy (non-hydrogen) atoms. The van der Waals surface area contributed by atoms with Gasteiger partial charge in [-0.15, -0.1) is 11.8 Å². The lowest BCUT2D eigenvalue weighted by molar-refractivity contribution is -0.384. The van der Waals surface area contributed by atoms with Crippen molar-refractivity contribution in [3.8, 4) is 0 Å². The Kier molecular flexibility index (Phi) is 6.53. The summed E-state index contributed by atoms with van der Waals surface area (Å²) in [4.78, 5) is 37.0. The number of nitro benzene ring substituents is 1. The number of nitrogens with zero attached hydrogens (tertiary/aromatic N) is 3. The molecule has 2 N–H and O–H groups in total. The number of thioether (sulfide) groups is 1. The fourth-order valence-electron chi connectivity index (χ4n) is 3.90. The van der Waals surface area contributed by atoms with E-state index in [4.69, 9.17) is 4.74 Å². The molecule has 4 unspecified atom stereocenters. The van der Waals surface area contributed by atoms with Crippen LogP contribution in [0.25, 0.3) is 0 Å². The van der Waals surface area contributed by atoms with Crippen LogP contribution >= 0.6 is 11.8 Å². The minimum Gasteiger partial charge on any atom is -0.480 e. The van der Waals surface area contributed by atoms with Gasteiger partial charge in [-0.1, -0.05) is 0 Å². The molecule has 2 aliphatic heterocycles. The Balaban J connectivity index is 1.55. The monoisotopic (exact) mass is 438 g/mol. The van der Waals surface area contributed by atoms with Crippen LogP contribution in [0, 0.1) is 10.1 Å². The molecule has 1 aromatic rings. The summed E-state index contributed by atoms with van der Waals surface area (Å²) in [7, 11) is 0. The van der Waals surface area contributed by atoms with Crippen LogP contribution in [0.4, 0.5) is 11.4 Å². The van der Waals surface area contributed by atoms with Gasteiger partial charge < -0.3 is 25.0 Å². The third-order valence-electron chi connectivity index (χ3n) is 5.44. The van der Waals surface area contributed by atoms with Gasteiger partial charge in [-0.05, 0) is 32.9 Å². The van der Waals surface area contributed by atoms with Crippen molar-refractivity contribution in [2.45, 2.75) is 49.1 Å². The Labute approximate surface area is 178 Å². The van der Waals surface area contributed by atoms with Crippen molar-refractivity contribution >= 4 is 35.5 Å². The molecule has 1 aromatic carbocycles. The van der Waals surface area contributed by atoms with Crippen LogP contribution in [-0.4, -0.2) is 75.4 Å². The number of benzene rings is 1. The first kappa shape index (κ1) is 22.3. The molecule has 10 nitrogen and oxygen atoms in total. The molecule has 0 bridgehead atoms. The fraction of sp³-hybridized carbons (Fsp3) is 0.579. The fourth-order valence-corrected chi connectivity index (χ4v) is 5.47. The maximum atomic E-state index is 11.7. The summed E-state index contributed by atoms with van der Waals surface area (Å²) in [5, 5.41) is 23.4. The average Bonchev–Trinajstić information content (AvgIpc) is 3.27. The lowest BCUT2D eigenvalue weighted by Gasteiger charge is -2.29. The standard InChI is InChI=1S/C19H26N4O6S/c1-12(17-22(10-24)16(18(25)26)19(2,3)30-17)20-8-15-9-21(11-29-15)13-4-6-14(7-5-13)23(27)28/h4-7,10,12,15-17,20H,8-9,11H2,1-3H3,(H,25,26). The molecule has 2 saturated heterocycles. The van der Waals surface area contributed by atoms with Gasteiger partial charge in [-0.2, -0.15) is 0 Å². The molecule has 3 rings (SSSR count). The predicted octanol–water partition coefficient (Wildman–Crippen LogP) is 1.50. The summed E-state index contributed by atoms with van der Waals surface area (Å²) in [5.41, 5.74) is 0.892. The summed E-state index contributed by atoms with van der Waals surface area (Å²) in [6.07, 6.45) is 0.521. The van der Waals surface area contributed by atoms with Crippen molar-refractivity contribution in [1.82, 2.24) is 10.2 Å². The highest BCUT2D eigenvalue weighted by Gasteiger charge is 2.52. The molecule has 0 saturated carbocycles. The molecular formula is C19H26N4O6S. The van der Waals surface area contributed by atoms with E-state index in [9.17, 15) is 24.8 Å². The van der Waals surface area contributed by atoms with E-state index < -0.39 is 21.7 Å². The van der Waals surface area contributed by atoms with Gasteiger partial charge >= 0.3 is 5.97 Å². The second-order valence-corrected chi connectivity index (χ2v) is 9.79. The Morgan fingerprint density at radius 2 is 2.13 bits per heavy atom. The maximum Gasteiger partial charge on any atom is 0.327 e. The number of carbonyl (C=O) groups excluding carboxylic acids is 1. The van der Waals surface area contributed by atoms with E-state index >= 15 is 0 Å². The van der Waals surface area contributed by atoms with Crippen LogP contribution < -0.4 is 10.2 Å². The van der Waals surface area contributed by atoms with Crippen LogP contribution in [0.2, 0.25) is 0 Å². The summed E-state index contributed by atoms with van der Waals surface area (Å²) in [6.45, 7) is 7.13. The second-order valence-electron chi connectivity index (χ2n) is 8.02. The molecule has 0 aliphatic carbocycles. The van der Waals surface area contributed by atoms with E-state index in [0.29, 0.717) is 26.2 Å². The molecule has 1 amide bonds. The zero-order valence-corrected chi connectivity index (χ0v) is 17.9. The van der Waals surface area contributed by atoms with Gasteiger partial charge in [0.05, 0.1) is 16.4 Å². The summed E-state index contributed by atoms with van der Waals surface area (Å²) in [5.74, 6) is -1.01. The largest absolute Gasteiger partial charge is 0.480 e. The summed E-state index contributed by atoms with van der Waals surface area (Å²) in [6, 6.07) is 5.32. The minimum absolute atomic E-state index is 0.0438. The number of carbonyl (C=O) groups is 2. The normalized spacial score (nSPS) is 26.6. The number of hydrogen-bond acceptors (Lipinski definition) is 8. The van der Waals surface area contributed by atoms with Crippen LogP contribution in [0.3, 0.4) is 0 Å². The highest BCUT2D eigenvalue weighted by atomic mass is 32.2. The smallest absolute Gasteiger partial charge is 0.327 e. The minimum atomic E-state index is -1.01. The molecule has 2 heterocycles. The first-order chi connectivity index (χ1) is 14.1. The highest BCUT2D eigenvalue weighted by molar-refractivity contribution is 8.01. The van der Waals surface area contributed by atoms with Gasteiger partial charge in [0.2, 0.25) is 6.41 Å². The molecule has 0 spiro atoms. The first-order valence-corrected chi connectivity index (χ1v) is 10.5. The van der Waals surface area contributed by atoms with Crippen LogP contribution in [0.15, 0.2) is 24.3 Å². The van der Waals surface area contributed by atoms with Crippen LogP contribution in [0.5, 0.6) is 0 Å². The van der Waals surface area contributed by atoms with Crippen molar-refractivity contribution < 1.29 is 24.4 Å². The molecule has 11 heteroatoms. The molecular weight excluding hydrogens is 412 g/mol. The molecule has 4 atom stereocenters. The number of anilines is 1. The zero-order valence-electron chi connectivity index (χ0n) is 17.1. The highest BCUT2D eigenvalue weighted by Crippen LogP contribution is 2.44. The third-order valence-corrected chi connectivity index (χ3v) is 7.17. The molecule has 0 radical (unpaired) electrons. The van der Waals surface area contributed by atoms with Gasteiger partial charge in [-0.3, -0.25) is 14.9 Å². The first-order valence-electron chi connectivity index (χ1n) is 9.62. The second kappa shape index (κ2) is 8.78. The molecule has 164 valence electrons. The average molecular weight is 439 g/mol. The third kappa shape index (κ3) is 4.52. The predicted molar refractivity (Wildman–Crippen MR) is 112 cm³/mol. The lowest BCUT2D eigenvalue weighted by atomic mass is 10.0. The number of carboxylic acids is 1. The topological polar surface area (TPSA) is 125 Å². The van der Waals surface area contributed by atoms with Gasteiger partial charge in [0.1, 0.15) is 12.8 Å². The number of nitro groups is 1. The van der Waals surface area contributed by atoms with Gasteiger partial charge in [0.25, 0.3) is 5.69 Å². The number of carboxylic acid groups (broad SMARTS) is 1. The van der Waals surface area contributed by atoms with E-state index in [-0.39, 0.29) is 23.2 Å². The Morgan fingerprint density at radius 1 is 1.47 bits per heavy atom. The SMILES string of the molecule is CC(NCC1CN(c2ccc([N+](=O)[O-])cc2)CO1)C1SC(C)(C)C(C(=O)O)N1C=O. The van der Waals surface area contributed by atoms with Crippen LogP contribution in [-0.2, 0) is 14.3 Å². The Hall–Kier alpha value is -2.37. The van der Waals surface area contributed by atoms with Gasteiger partial charge in [0, 0.05) is 41.7 Å². The summed E-state index contributed by atoms with van der Waals surface area (Å²) < 4.78 is 5.22. The lowest BCUT2D eigenvalue weighted by Crippen LogP contribution is -2.51. The van der Waals surface area contributed by atoms with Crippen molar-refractivity contribution in [2.24, 2.45) is 0 Å². The quantitative estimate of drug-likeness (QED) is 0.353. The molecule has 0 aromatic heterocycles. The molecule has 2 fully saturated rings. The number of ether oxygens (including phenoxy) is 1. The number of non-ortho nitro benzene ring substituents is 1. The zero-order chi connectivity index (χ0) is 22.1. The number of rotatable bonds is 8. The summed E-state index contributed by atoms with van der Waals surface area (Å²) >= 11 is 1.47. The van der Waals surface area contributed by atoms with Crippen molar-refractivity contribution in [1.29, 1.82) is 0 Å². The molecule has 2 aliphatic rings. The number of nitrogens with one attached hydrogen (secondary N) is 1. The van der Waals surface area contributed by atoms with Gasteiger partial charge in [-0.25, -0.2) is 4.79 Å². The van der Waals surface area contributed by atoms with E-state index in [2.05, 4.69) is 5.32 Å². The number of hydrogen-bond donors (Lipinski definition) is 2. The van der Waals surface area contributed by atoms with E-state index in [1.165, 1.54) is 28.8 Å². The maximum absolute atomic E-state index is 11.7. The van der Waals surface area contributed by atoms with E-state index in [1.807, 2.05) is 25.7 Å². The van der Waals surface area contributed by atoms with E-state index in [0.717, 1.165) is 5.69 Å². The van der Waals surface area contributed by atoms with Crippen molar-refractivity contribution in [3.63, 3.8) is 0 Å². The van der Waals surface area contributed by atoms with Crippen LogP contribution in [0.1, 0.15) is 20.8 Å². The number of aliphatic carboxylic acids is 1. The Morgan fingerprint density at radius 3 is 2.70 bits per heavy atom. The number of amides is 1. The van der Waals surface area contributed by atoms with Crippen molar-refractivity contribution in [3.05, 3.63) is 34.4 Å². The van der Waals surface area contributed by atoms with Gasteiger partial charge in [0.15, 0.2) is 0 Å².